The van der Waals surface area contributed by atoms with E-state index < -0.39 is 0 Å². The molecule has 9 heteroatoms. The second-order valence-electron chi connectivity index (χ2n) is 9.06. The summed E-state index contributed by atoms with van der Waals surface area (Å²) >= 11 is 0. The number of amides is 2. The SMILES string of the molecule is CNC(=O)C1CNC(N2CC[C@@H](C(=O)NC)C2)NC1NC1CCC(C2CC2)NC1. The molecule has 1 saturated carbocycles. The van der Waals surface area contributed by atoms with Gasteiger partial charge in [-0.1, -0.05) is 0 Å². The van der Waals surface area contributed by atoms with Crippen molar-refractivity contribution in [3.05, 3.63) is 0 Å². The minimum absolute atomic E-state index is 0.0289. The van der Waals surface area contributed by atoms with Gasteiger partial charge in [-0.3, -0.25) is 30.4 Å². The van der Waals surface area contributed by atoms with Crippen LogP contribution in [-0.2, 0) is 9.59 Å². The quantitative estimate of drug-likeness (QED) is 0.313. The lowest BCUT2D eigenvalue weighted by Gasteiger charge is -2.43. The van der Waals surface area contributed by atoms with E-state index in [1.165, 1.54) is 19.3 Å². The van der Waals surface area contributed by atoms with Crippen LogP contribution in [0.4, 0.5) is 0 Å². The molecule has 4 rings (SSSR count). The maximum absolute atomic E-state index is 12.5. The second kappa shape index (κ2) is 9.26. The second-order valence-corrected chi connectivity index (χ2v) is 9.06. The molecule has 0 aromatic carbocycles. The normalized spacial score (nSPS) is 38.6. The summed E-state index contributed by atoms with van der Waals surface area (Å²) in [5.41, 5.74) is 0. The van der Waals surface area contributed by atoms with Crippen LogP contribution in [0.5, 0.6) is 0 Å². The Morgan fingerprint density at radius 1 is 0.931 bits per heavy atom. The van der Waals surface area contributed by atoms with Crippen molar-refractivity contribution in [2.45, 2.75) is 56.6 Å². The lowest BCUT2D eigenvalue weighted by Crippen LogP contribution is -2.71. The summed E-state index contributed by atoms with van der Waals surface area (Å²) in [4.78, 5) is 26.7. The molecule has 2 amide bonds. The molecule has 29 heavy (non-hydrogen) atoms. The highest BCUT2D eigenvalue weighted by Gasteiger charge is 2.41. The fourth-order valence-corrected chi connectivity index (χ4v) is 5.15. The molecule has 3 aliphatic heterocycles. The number of hydrogen-bond acceptors (Lipinski definition) is 7. The summed E-state index contributed by atoms with van der Waals surface area (Å²) in [5.74, 6) is 0.910. The molecule has 9 nitrogen and oxygen atoms in total. The van der Waals surface area contributed by atoms with Gasteiger partial charge in [-0.25, -0.2) is 0 Å². The first-order valence-electron chi connectivity index (χ1n) is 11.2. The van der Waals surface area contributed by atoms with Gasteiger partial charge in [0.25, 0.3) is 0 Å². The molecule has 5 unspecified atom stereocenters. The van der Waals surface area contributed by atoms with Gasteiger partial charge >= 0.3 is 0 Å². The van der Waals surface area contributed by atoms with Crippen LogP contribution in [0.15, 0.2) is 0 Å². The zero-order valence-electron chi connectivity index (χ0n) is 17.7. The van der Waals surface area contributed by atoms with Crippen molar-refractivity contribution >= 4 is 11.8 Å². The summed E-state index contributed by atoms with van der Waals surface area (Å²) in [6, 6.07) is 1.05. The van der Waals surface area contributed by atoms with Gasteiger partial charge in [0.1, 0.15) is 6.29 Å². The largest absolute Gasteiger partial charge is 0.359 e. The van der Waals surface area contributed by atoms with Gasteiger partial charge in [0.2, 0.25) is 11.8 Å². The van der Waals surface area contributed by atoms with E-state index >= 15 is 0 Å². The number of nitrogens with zero attached hydrogens (tertiary/aromatic N) is 1. The van der Waals surface area contributed by atoms with Crippen LogP contribution in [0.3, 0.4) is 0 Å². The molecule has 0 bridgehead atoms. The van der Waals surface area contributed by atoms with Crippen molar-refractivity contribution in [3.63, 3.8) is 0 Å². The van der Waals surface area contributed by atoms with Crippen LogP contribution in [-0.4, -0.2) is 81.5 Å². The number of rotatable bonds is 6. The van der Waals surface area contributed by atoms with Crippen LogP contribution in [0.2, 0.25) is 0 Å². The average Bonchev–Trinajstić information content (AvgIpc) is 3.49. The molecule has 0 spiro atoms. The predicted octanol–water partition coefficient (Wildman–Crippen LogP) is -1.66. The summed E-state index contributed by atoms with van der Waals surface area (Å²) in [5, 5.41) is 20.1. The van der Waals surface area contributed by atoms with E-state index in [2.05, 4.69) is 36.8 Å². The fraction of sp³-hybridized carbons (Fsp3) is 0.900. The molecule has 1 aliphatic carbocycles. The van der Waals surface area contributed by atoms with Crippen molar-refractivity contribution in [1.29, 1.82) is 0 Å². The Bertz CT molecular complexity index is 591. The zero-order chi connectivity index (χ0) is 20.4. The highest BCUT2D eigenvalue weighted by molar-refractivity contribution is 5.79. The van der Waals surface area contributed by atoms with Crippen LogP contribution in [0.1, 0.15) is 32.1 Å². The van der Waals surface area contributed by atoms with E-state index in [1.807, 2.05) is 0 Å². The van der Waals surface area contributed by atoms with Crippen LogP contribution >= 0.6 is 0 Å². The van der Waals surface area contributed by atoms with E-state index in [-0.39, 0.29) is 36.1 Å². The van der Waals surface area contributed by atoms with E-state index in [0.29, 0.717) is 18.6 Å². The van der Waals surface area contributed by atoms with Crippen molar-refractivity contribution in [3.8, 4) is 0 Å². The Balaban J connectivity index is 1.34. The standard InChI is InChI=1S/C20H37N7O2/c1-21-18(28)13-7-8-27(11-13)20-24-10-15(19(29)22-2)17(26-20)25-14-5-6-16(23-9-14)12-3-4-12/h12-17,20,23-26H,3-11H2,1-2H3,(H,21,28)(H,22,29)/t13-,14?,15?,16?,17?,20?/m1/s1. The first-order valence-corrected chi connectivity index (χ1v) is 11.2. The van der Waals surface area contributed by atoms with E-state index in [9.17, 15) is 9.59 Å². The maximum Gasteiger partial charge on any atom is 0.227 e. The fourth-order valence-electron chi connectivity index (χ4n) is 5.15. The molecule has 6 atom stereocenters. The van der Waals surface area contributed by atoms with E-state index in [0.717, 1.165) is 38.4 Å². The molecule has 164 valence electrons. The number of piperidine rings is 1. The molecule has 0 aromatic rings. The van der Waals surface area contributed by atoms with E-state index in [4.69, 9.17) is 0 Å². The smallest absolute Gasteiger partial charge is 0.227 e. The molecule has 6 N–H and O–H groups in total. The number of likely N-dealkylation sites (tertiary alicyclic amines) is 1. The molecular formula is C20H37N7O2. The van der Waals surface area contributed by atoms with Gasteiger partial charge in [0.15, 0.2) is 0 Å². The molecule has 3 heterocycles. The third kappa shape index (κ3) is 4.91. The first kappa shape index (κ1) is 21.0. The van der Waals surface area contributed by atoms with Gasteiger partial charge in [-0.05, 0) is 38.0 Å². The van der Waals surface area contributed by atoms with Gasteiger partial charge < -0.3 is 16.0 Å². The van der Waals surface area contributed by atoms with Crippen molar-refractivity contribution in [1.82, 2.24) is 36.8 Å². The third-order valence-electron chi connectivity index (χ3n) is 7.11. The van der Waals surface area contributed by atoms with Crippen LogP contribution in [0.25, 0.3) is 0 Å². The van der Waals surface area contributed by atoms with Crippen molar-refractivity contribution < 1.29 is 9.59 Å². The third-order valence-corrected chi connectivity index (χ3v) is 7.11. The van der Waals surface area contributed by atoms with Crippen LogP contribution in [0, 0.1) is 17.8 Å². The Morgan fingerprint density at radius 2 is 1.72 bits per heavy atom. The predicted molar refractivity (Wildman–Crippen MR) is 111 cm³/mol. The Kier molecular flexibility index (Phi) is 6.70. The summed E-state index contributed by atoms with van der Waals surface area (Å²) in [6.07, 6.45) is 5.85. The van der Waals surface area contributed by atoms with Gasteiger partial charge in [-0.2, -0.15) is 0 Å². The number of nitrogens with one attached hydrogen (secondary N) is 6. The van der Waals surface area contributed by atoms with Crippen molar-refractivity contribution in [2.24, 2.45) is 17.8 Å². The minimum Gasteiger partial charge on any atom is -0.359 e. The topological polar surface area (TPSA) is 110 Å². The van der Waals surface area contributed by atoms with Gasteiger partial charge in [0.05, 0.1) is 18.0 Å². The molecule has 3 saturated heterocycles. The lowest BCUT2D eigenvalue weighted by molar-refractivity contribution is -0.127. The molecular weight excluding hydrogens is 370 g/mol. The zero-order valence-corrected chi connectivity index (χ0v) is 17.7. The monoisotopic (exact) mass is 407 g/mol. The van der Waals surface area contributed by atoms with Gasteiger partial charge in [-0.15, -0.1) is 0 Å². The highest BCUT2D eigenvalue weighted by Crippen LogP contribution is 2.35. The number of hydrogen-bond donors (Lipinski definition) is 6. The first-order chi connectivity index (χ1) is 14.1. The van der Waals surface area contributed by atoms with Gasteiger partial charge in [0, 0.05) is 52.4 Å². The molecule has 0 aromatic heterocycles. The number of carbonyl (C=O) groups excluding carboxylic acids is 2. The maximum atomic E-state index is 12.5. The minimum atomic E-state index is -0.172. The summed E-state index contributed by atoms with van der Waals surface area (Å²) in [6.45, 7) is 3.17. The highest BCUT2D eigenvalue weighted by atomic mass is 16.2. The lowest BCUT2D eigenvalue weighted by atomic mass is 9.95. The molecule has 0 radical (unpaired) electrons. The number of carbonyl (C=O) groups is 2. The Labute approximate surface area is 173 Å². The Hall–Kier alpha value is -1.26. The Morgan fingerprint density at radius 3 is 2.38 bits per heavy atom. The molecule has 4 aliphatic rings. The summed E-state index contributed by atoms with van der Waals surface area (Å²) in [7, 11) is 3.39. The summed E-state index contributed by atoms with van der Waals surface area (Å²) < 4.78 is 0. The van der Waals surface area contributed by atoms with Crippen molar-refractivity contribution in [2.75, 3.05) is 40.3 Å². The average molecular weight is 408 g/mol. The molecule has 4 fully saturated rings. The van der Waals surface area contributed by atoms with Crippen LogP contribution < -0.4 is 31.9 Å². The van der Waals surface area contributed by atoms with E-state index in [1.54, 1.807) is 14.1 Å².